The van der Waals surface area contributed by atoms with E-state index >= 15 is 0 Å². The highest BCUT2D eigenvalue weighted by Crippen LogP contribution is 2.24. The van der Waals surface area contributed by atoms with Crippen LogP contribution in [0.25, 0.3) is 0 Å². The Kier molecular flexibility index (Phi) is 4.42. The number of aryl methyl sites for hydroxylation is 2. The van der Waals surface area contributed by atoms with E-state index in [2.05, 4.69) is 69.8 Å². The maximum absolute atomic E-state index is 6.05. The van der Waals surface area contributed by atoms with Crippen molar-refractivity contribution in [3.05, 3.63) is 71.3 Å². The van der Waals surface area contributed by atoms with Crippen LogP contribution in [-0.2, 0) is 19.4 Å². The number of rotatable bonds is 4. The van der Waals surface area contributed by atoms with Crippen LogP contribution < -0.4 is 16.0 Å². The molecule has 1 aliphatic carbocycles. The summed E-state index contributed by atoms with van der Waals surface area (Å²) in [5.41, 5.74) is 12.4. The number of nitrogens with two attached hydrogens (primary N) is 1. The van der Waals surface area contributed by atoms with E-state index in [4.69, 9.17) is 5.73 Å². The van der Waals surface area contributed by atoms with Crippen LogP contribution in [0.4, 0.5) is 11.4 Å². The molecule has 1 heterocycles. The molecule has 0 fully saturated rings. The summed E-state index contributed by atoms with van der Waals surface area (Å²) >= 11 is 0. The highest BCUT2D eigenvalue weighted by Gasteiger charge is 2.11. The Bertz CT molecular complexity index is 797. The Morgan fingerprint density at radius 1 is 1.00 bits per heavy atom. The normalized spacial score (nSPS) is 16.3. The van der Waals surface area contributed by atoms with E-state index in [-0.39, 0.29) is 0 Å². The maximum Gasteiger partial charge on any atom is 0.193 e. The molecule has 0 bridgehead atoms. The van der Waals surface area contributed by atoms with Crippen molar-refractivity contribution in [1.29, 1.82) is 0 Å². The molecule has 4 rings (SSSR count). The Morgan fingerprint density at radius 2 is 1.76 bits per heavy atom. The first kappa shape index (κ1) is 15.8. The Hall–Kier alpha value is -2.75. The molecule has 2 aromatic carbocycles. The zero-order chi connectivity index (χ0) is 17.1. The average Bonchev–Trinajstić information content (AvgIpc) is 3.32. The summed E-state index contributed by atoms with van der Waals surface area (Å²) in [6, 6.07) is 15.0. The van der Waals surface area contributed by atoms with Crippen molar-refractivity contribution in [1.82, 2.24) is 0 Å². The number of nitrogens with zero attached hydrogens (tertiary/aromatic N) is 2. The van der Waals surface area contributed by atoms with Crippen molar-refractivity contribution < 1.29 is 0 Å². The lowest BCUT2D eigenvalue weighted by atomic mass is 10.1. The monoisotopic (exact) mass is 332 g/mol. The van der Waals surface area contributed by atoms with E-state index in [0.29, 0.717) is 12.5 Å². The fraction of sp³-hybridized carbons (Fsp3) is 0.286. The van der Waals surface area contributed by atoms with Crippen LogP contribution in [0.15, 0.2) is 59.6 Å². The second-order valence-corrected chi connectivity index (χ2v) is 6.71. The molecule has 2 aromatic rings. The number of benzene rings is 2. The molecule has 0 amide bonds. The smallest absolute Gasteiger partial charge is 0.193 e. The van der Waals surface area contributed by atoms with Crippen LogP contribution in [0, 0.1) is 0 Å². The minimum Gasteiger partial charge on any atom is -0.370 e. The number of hydrogen-bond acceptors (Lipinski definition) is 2. The molecule has 3 N–H and O–H groups in total. The van der Waals surface area contributed by atoms with Gasteiger partial charge in [-0.3, -0.25) is 0 Å². The van der Waals surface area contributed by atoms with Crippen LogP contribution in [0.1, 0.15) is 23.1 Å². The minimum atomic E-state index is 0.464. The SMILES string of the molecule is NC(=NCc1ccc(N2CC=CC2)cc1)Nc1ccc2c(c1)CCC2. The van der Waals surface area contributed by atoms with Crippen molar-refractivity contribution in [2.45, 2.75) is 25.8 Å². The molecule has 25 heavy (non-hydrogen) atoms. The number of fused-ring (bicyclic) bond motifs is 1. The fourth-order valence-corrected chi connectivity index (χ4v) is 3.51. The predicted octanol–water partition coefficient (Wildman–Crippen LogP) is 3.48. The van der Waals surface area contributed by atoms with Gasteiger partial charge < -0.3 is 16.0 Å². The van der Waals surface area contributed by atoms with Crippen LogP contribution in [0.5, 0.6) is 0 Å². The summed E-state index contributed by atoms with van der Waals surface area (Å²) < 4.78 is 0. The van der Waals surface area contributed by atoms with E-state index in [1.165, 1.54) is 36.1 Å². The highest BCUT2D eigenvalue weighted by atomic mass is 15.1. The lowest BCUT2D eigenvalue weighted by Gasteiger charge is -2.17. The quantitative estimate of drug-likeness (QED) is 0.512. The summed E-state index contributed by atoms with van der Waals surface area (Å²) in [5.74, 6) is 0.464. The Labute approximate surface area is 149 Å². The van der Waals surface area contributed by atoms with E-state index in [0.717, 1.165) is 24.3 Å². The van der Waals surface area contributed by atoms with Gasteiger partial charge in [0.05, 0.1) is 6.54 Å². The summed E-state index contributed by atoms with van der Waals surface area (Å²) in [6.45, 7) is 2.58. The molecule has 128 valence electrons. The molecule has 0 unspecified atom stereocenters. The summed E-state index contributed by atoms with van der Waals surface area (Å²) in [4.78, 5) is 6.80. The minimum absolute atomic E-state index is 0.464. The van der Waals surface area contributed by atoms with Gasteiger partial charge in [-0.05, 0) is 60.2 Å². The van der Waals surface area contributed by atoms with Gasteiger partial charge in [0.25, 0.3) is 0 Å². The molecule has 0 radical (unpaired) electrons. The largest absolute Gasteiger partial charge is 0.370 e. The number of guanidine groups is 1. The molecule has 0 spiro atoms. The van der Waals surface area contributed by atoms with Gasteiger partial charge in [-0.2, -0.15) is 0 Å². The van der Waals surface area contributed by atoms with Gasteiger partial charge >= 0.3 is 0 Å². The predicted molar refractivity (Wildman–Crippen MR) is 105 cm³/mol. The van der Waals surface area contributed by atoms with Gasteiger partial charge in [0, 0.05) is 24.5 Å². The summed E-state index contributed by atoms with van der Waals surface area (Å²) in [6.07, 6.45) is 8.02. The van der Waals surface area contributed by atoms with Crippen LogP contribution in [0.3, 0.4) is 0 Å². The standard InChI is InChI=1S/C21H24N4/c22-21(24-19-9-8-17-4-3-5-18(17)14-19)23-15-16-6-10-20(11-7-16)25-12-1-2-13-25/h1-2,6-11,14H,3-5,12-13,15H2,(H3,22,23,24). The van der Waals surface area contributed by atoms with Gasteiger partial charge in [-0.1, -0.05) is 30.4 Å². The molecular formula is C21H24N4. The van der Waals surface area contributed by atoms with Crippen LogP contribution in [0.2, 0.25) is 0 Å². The Morgan fingerprint density at radius 3 is 2.56 bits per heavy atom. The van der Waals surface area contributed by atoms with Crippen molar-refractivity contribution >= 4 is 17.3 Å². The molecule has 0 atom stereocenters. The molecule has 4 heteroatoms. The third kappa shape index (κ3) is 3.68. The van der Waals surface area contributed by atoms with Gasteiger partial charge in [0.2, 0.25) is 0 Å². The number of nitrogens with one attached hydrogen (secondary N) is 1. The molecule has 4 nitrogen and oxygen atoms in total. The second kappa shape index (κ2) is 7.01. The topological polar surface area (TPSA) is 53.6 Å². The van der Waals surface area contributed by atoms with Crippen molar-refractivity contribution in [3.63, 3.8) is 0 Å². The molecule has 1 aliphatic heterocycles. The fourth-order valence-electron chi connectivity index (χ4n) is 3.51. The van der Waals surface area contributed by atoms with E-state index in [1.807, 2.05) is 0 Å². The lowest BCUT2D eigenvalue weighted by molar-refractivity contribution is 0.912. The number of hydrogen-bond donors (Lipinski definition) is 2. The zero-order valence-electron chi connectivity index (χ0n) is 14.4. The third-order valence-electron chi connectivity index (χ3n) is 4.92. The lowest BCUT2D eigenvalue weighted by Crippen LogP contribution is -2.22. The van der Waals surface area contributed by atoms with Crippen LogP contribution in [-0.4, -0.2) is 19.0 Å². The van der Waals surface area contributed by atoms with E-state index in [9.17, 15) is 0 Å². The Balaban J connectivity index is 1.36. The van der Waals surface area contributed by atoms with Gasteiger partial charge in [-0.25, -0.2) is 4.99 Å². The van der Waals surface area contributed by atoms with E-state index in [1.54, 1.807) is 0 Å². The number of anilines is 2. The first-order valence-corrected chi connectivity index (χ1v) is 8.95. The van der Waals surface area contributed by atoms with Gasteiger partial charge in [0.15, 0.2) is 5.96 Å². The molecular weight excluding hydrogens is 308 g/mol. The zero-order valence-corrected chi connectivity index (χ0v) is 14.4. The first-order valence-electron chi connectivity index (χ1n) is 8.95. The molecule has 0 saturated heterocycles. The highest BCUT2D eigenvalue weighted by molar-refractivity contribution is 5.92. The number of aliphatic imine (C=N–C) groups is 1. The second-order valence-electron chi connectivity index (χ2n) is 6.71. The van der Waals surface area contributed by atoms with Crippen molar-refractivity contribution in [3.8, 4) is 0 Å². The van der Waals surface area contributed by atoms with Crippen molar-refractivity contribution in [2.75, 3.05) is 23.3 Å². The summed E-state index contributed by atoms with van der Waals surface area (Å²) in [5, 5.41) is 3.21. The van der Waals surface area contributed by atoms with Gasteiger partial charge in [0.1, 0.15) is 0 Å². The van der Waals surface area contributed by atoms with Crippen molar-refractivity contribution in [2.24, 2.45) is 10.7 Å². The maximum atomic E-state index is 6.05. The first-order chi connectivity index (χ1) is 12.3. The molecule has 0 aromatic heterocycles. The third-order valence-corrected chi connectivity index (χ3v) is 4.92. The summed E-state index contributed by atoms with van der Waals surface area (Å²) in [7, 11) is 0. The average molecular weight is 332 g/mol. The van der Waals surface area contributed by atoms with E-state index < -0.39 is 0 Å². The van der Waals surface area contributed by atoms with Crippen LogP contribution >= 0.6 is 0 Å². The molecule has 2 aliphatic rings. The van der Waals surface area contributed by atoms with Gasteiger partial charge in [-0.15, -0.1) is 0 Å². The molecule has 0 saturated carbocycles.